The molecule has 0 aliphatic rings. The zero-order chi connectivity index (χ0) is 13.9. The fraction of sp³-hybridized carbons (Fsp3) is 0.625. The van der Waals surface area contributed by atoms with E-state index in [1.807, 2.05) is 0 Å². The van der Waals surface area contributed by atoms with Gasteiger partial charge in [0, 0.05) is 30.0 Å². The zero-order valence-corrected chi connectivity index (χ0v) is 15.2. The molecule has 1 aromatic rings. The molecule has 18 heavy (non-hydrogen) atoms. The van der Waals surface area contributed by atoms with Gasteiger partial charge >= 0.3 is 0 Å². The van der Waals surface area contributed by atoms with Crippen molar-refractivity contribution >= 4 is 21.1 Å². The molecule has 0 aliphatic heterocycles. The molecule has 1 nitrogen and oxygen atoms in total. The van der Waals surface area contributed by atoms with Crippen molar-refractivity contribution < 1.29 is 0 Å². The number of nitrogens with zero attached hydrogens (tertiary/aromatic N) is 1. The summed E-state index contributed by atoms with van der Waals surface area (Å²) in [4.78, 5) is 2.27. The molecule has 0 aromatic heterocycles. The van der Waals surface area contributed by atoms with Crippen LogP contribution in [0.3, 0.4) is 0 Å². The Bertz CT molecular complexity index is 398. The third-order valence-corrected chi connectivity index (χ3v) is 5.05. The van der Waals surface area contributed by atoms with Gasteiger partial charge in [-0.25, -0.2) is 0 Å². The van der Waals surface area contributed by atoms with Crippen molar-refractivity contribution in [2.75, 3.05) is 19.0 Å². The summed E-state index contributed by atoms with van der Waals surface area (Å²) in [5.74, 6) is 1.33. The number of hydrogen-bond acceptors (Lipinski definition) is 1. The van der Waals surface area contributed by atoms with E-state index in [2.05, 4.69) is 58.8 Å². The molecule has 2 atom stereocenters. The first-order chi connectivity index (χ1) is 8.43. The second-order valence-electron chi connectivity index (χ2n) is 5.74. The van der Waals surface area contributed by atoms with Crippen LogP contribution >= 0.6 is 0 Å². The second-order valence-corrected chi connectivity index (χ2v) is 6.82. The lowest BCUT2D eigenvalue weighted by Crippen LogP contribution is -2.22. The Morgan fingerprint density at radius 2 is 1.50 bits per heavy atom. The zero-order valence-electron chi connectivity index (χ0n) is 13.2. The van der Waals surface area contributed by atoms with Gasteiger partial charge in [-0.1, -0.05) is 38.9 Å². The highest BCUT2D eigenvalue weighted by Crippen LogP contribution is 2.35. The molecule has 0 aliphatic carbocycles. The van der Waals surface area contributed by atoms with Crippen LogP contribution < -0.4 is 10.1 Å². The van der Waals surface area contributed by atoms with Gasteiger partial charge in [-0.2, -0.15) is 0 Å². The Balaban J connectivity index is 3.49. The maximum atomic E-state index is 2.38. The van der Waals surface area contributed by atoms with E-state index in [1.54, 1.807) is 16.3 Å². The van der Waals surface area contributed by atoms with Crippen LogP contribution in [0.5, 0.6) is 0 Å². The smallest absolute Gasteiger partial charge is 0.0399 e. The number of benzene rings is 1. The van der Waals surface area contributed by atoms with Gasteiger partial charge in [-0.15, -0.1) is 0 Å². The Morgan fingerprint density at radius 3 is 1.94 bits per heavy atom. The molecule has 0 fully saturated rings. The molecule has 102 valence electrons. The Labute approximate surface area is 116 Å². The first-order valence-electron chi connectivity index (χ1n) is 7.24. The van der Waals surface area contributed by atoms with Crippen molar-refractivity contribution in [3.63, 3.8) is 0 Å². The summed E-state index contributed by atoms with van der Waals surface area (Å²) in [7, 11) is 5.47. The van der Waals surface area contributed by atoms with Gasteiger partial charge < -0.3 is 4.90 Å². The summed E-state index contributed by atoms with van der Waals surface area (Å²) in [5.41, 5.74) is 4.66. The third-order valence-electron chi connectivity index (χ3n) is 4.17. The van der Waals surface area contributed by atoms with Crippen LogP contribution in [0.2, 0.25) is 0 Å². The Kier molecular flexibility index (Phi) is 5.45. The molecule has 0 saturated carbocycles. The highest BCUT2D eigenvalue weighted by atomic mass is 28.1. The highest BCUT2D eigenvalue weighted by molar-refractivity contribution is 6.33. The molecule has 0 bridgehead atoms. The van der Waals surface area contributed by atoms with E-state index >= 15 is 0 Å². The predicted molar refractivity (Wildman–Crippen MR) is 87.8 cm³/mol. The molecule has 1 rings (SSSR count). The molecule has 0 N–H and O–H groups in total. The van der Waals surface area contributed by atoms with Crippen LogP contribution in [-0.4, -0.2) is 24.3 Å². The third kappa shape index (κ3) is 2.97. The van der Waals surface area contributed by atoms with Gasteiger partial charge in [0.25, 0.3) is 0 Å². The largest absolute Gasteiger partial charge is 0.377 e. The fourth-order valence-corrected chi connectivity index (χ4v) is 3.63. The summed E-state index contributed by atoms with van der Waals surface area (Å²) in [6.45, 7) is 9.34. The van der Waals surface area contributed by atoms with Gasteiger partial charge in [0.2, 0.25) is 0 Å². The normalized spacial score (nSPS) is 14.6. The minimum absolute atomic E-state index is 0.653. The molecule has 2 unspecified atom stereocenters. The second kappa shape index (κ2) is 6.42. The molecule has 0 saturated heterocycles. The summed E-state index contributed by atoms with van der Waals surface area (Å²) in [6, 6.07) is 4.66. The van der Waals surface area contributed by atoms with Crippen LogP contribution in [0.15, 0.2) is 12.1 Å². The van der Waals surface area contributed by atoms with Crippen molar-refractivity contribution in [3.05, 3.63) is 23.3 Å². The molecule has 0 radical (unpaired) electrons. The van der Waals surface area contributed by atoms with Crippen LogP contribution in [0.1, 0.15) is 63.5 Å². The van der Waals surface area contributed by atoms with Crippen molar-refractivity contribution in [3.8, 4) is 0 Å². The van der Waals surface area contributed by atoms with Crippen molar-refractivity contribution in [2.45, 2.75) is 52.4 Å². The summed E-state index contributed by atoms with van der Waals surface area (Å²) in [6.07, 6.45) is 2.45. The molecule has 0 amide bonds. The highest BCUT2D eigenvalue weighted by Gasteiger charge is 2.20. The van der Waals surface area contributed by atoms with E-state index in [9.17, 15) is 0 Å². The maximum absolute atomic E-state index is 2.38. The number of hydrogen-bond donors (Lipinski definition) is 0. The minimum Gasteiger partial charge on any atom is -0.377 e. The average molecular weight is 264 g/mol. The lowest BCUT2D eigenvalue weighted by Gasteiger charge is -2.28. The summed E-state index contributed by atoms with van der Waals surface area (Å²) < 4.78 is 0. The van der Waals surface area contributed by atoms with Crippen LogP contribution in [0, 0.1) is 0 Å². The van der Waals surface area contributed by atoms with Gasteiger partial charge in [0.15, 0.2) is 0 Å². The molecular formula is C16H29NSi. The van der Waals surface area contributed by atoms with E-state index in [0.717, 1.165) is 10.2 Å². The summed E-state index contributed by atoms with van der Waals surface area (Å²) >= 11 is 0. The van der Waals surface area contributed by atoms with Crippen molar-refractivity contribution in [1.29, 1.82) is 0 Å². The SMILES string of the molecule is CCC(C)c1c([SiH3])ccc(N(C)C)c1C(C)CC. The lowest BCUT2D eigenvalue weighted by molar-refractivity contribution is 0.679. The molecule has 0 heterocycles. The first kappa shape index (κ1) is 15.3. The van der Waals surface area contributed by atoms with Gasteiger partial charge in [-0.3, -0.25) is 0 Å². The quantitative estimate of drug-likeness (QED) is 0.739. The standard InChI is InChI=1S/C16H29NSi/c1-7-11(3)15-13(17(5)6)9-10-14(18)16(15)12(4)8-2/h9-12H,7-8H2,1-6,18H3. The molecular weight excluding hydrogens is 234 g/mol. The van der Waals surface area contributed by atoms with E-state index in [1.165, 1.54) is 18.5 Å². The molecule has 1 aromatic carbocycles. The van der Waals surface area contributed by atoms with Crippen LogP contribution in [0.4, 0.5) is 5.69 Å². The Morgan fingerprint density at radius 1 is 1.00 bits per heavy atom. The van der Waals surface area contributed by atoms with E-state index < -0.39 is 0 Å². The van der Waals surface area contributed by atoms with E-state index in [0.29, 0.717) is 11.8 Å². The lowest BCUT2D eigenvalue weighted by atomic mass is 9.85. The Hall–Kier alpha value is -0.763. The number of anilines is 1. The first-order valence-corrected chi connectivity index (χ1v) is 8.24. The molecule has 2 heteroatoms. The fourth-order valence-electron chi connectivity index (χ4n) is 2.70. The van der Waals surface area contributed by atoms with Crippen molar-refractivity contribution in [2.24, 2.45) is 0 Å². The predicted octanol–water partition coefficient (Wildman–Crippen LogP) is 2.77. The monoisotopic (exact) mass is 263 g/mol. The summed E-state index contributed by atoms with van der Waals surface area (Å²) in [5, 5.41) is 1.59. The van der Waals surface area contributed by atoms with Crippen molar-refractivity contribution in [1.82, 2.24) is 0 Å². The van der Waals surface area contributed by atoms with Crippen LogP contribution in [-0.2, 0) is 0 Å². The number of rotatable bonds is 5. The van der Waals surface area contributed by atoms with E-state index in [4.69, 9.17) is 0 Å². The maximum Gasteiger partial charge on any atom is 0.0399 e. The van der Waals surface area contributed by atoms with Gasteiger partial charge in [0.1, 0.15) is 0 Å². The minimum atomic E-state index is 0.653. The van der Waals surface area contributed by atoms with Crippen LogP contribution in [0.25, 0.3) is 0 Å². The van der Waals surface area contributed by atoms with Gasteiger partial charge in [0.05, 0.1) is 0 Å². The van der Waals surface area contributed by atoms with Gasteiger partial charge in [-0.05, 0) is 41.9 Å². The molecule has 0 spiro atoms. The average Bonchev–Trinajstić information content (AvgIpc) is 2.36. The topological polar surface area (TPSA) is 3.24 Å². The van der Waals surface area contributed by atoms with E-state index in [-0.39, 0.29) is 0 Å².